The van der Waals surface area contributed by atoms with Crippen molar-refractivity contribution in [1.82, 2.24) is 0 Å². The normalized spacial score (nSPS) is 11.5. The molecule has 0 fully saturated rings. The van der Waals surface area contributed by atoms with Crippen LogP contribution < -0.4 is 0 Å². The highest BCUT2D eigenvalue weighted by Gasteiger charge is 2.23. The van der Waals surface area contributed by atoms with E-state index in [0.29, 0.717) is 14.8 Å². The van der Waals surface area contributed by atoms with E-state index in [9.17, 15) is 9.90 Å². The summed E-state index contributed by atoms with van der Waals surface area (Å²) in [6.07, 6.45) is 0. The molecule has 0 saturated carbocycles. The lowest BCUT2D eigenvalue weighted by atomic mass is 10.1. The molecule has 1 aromatic rings. The predicted molar refractivity (Wildman–Crippen MR) is 55.9 cm³/mol. The average Bonchev–Trinajstić information content (AvgIpc) is 2.45. The molecule has 14 heavy (non-hydrogen) atoms. The van der Waals surface area contributed by atoms with Crippen molar-refractivity contribution >= 4 is 28.9 Å². The van der Waals surface area contributed by atoms with Crippen LogP contribution in [0.4, 0.5) is 0 Å². The van der Waals surface area contributed by atoms with Gasteiger partial charge in [0, 0.05) is 4.88 Å². The van der Waals surface area contributed by atoms with Crippen LogP contribution in [0, 0.1) is 0 Å². The number of rotatable bonds is 2. The van der Waals surface area contributed by atoms with Crippen LogP contribution in [0.5, 0.6) is 0 Å². The molecule has 1 rings (SSSR count). The maximum Gasteiger partial charge on any atom is 0.349 e. The Bertz CT molecular complexity index is 351. The minimum absolute atomic E-state index is 0.318. The van der Waals surface area contributed by atoms with Gasteiger partial charge < -0.3 is 9.84 Å². The molecule has 0 aliphatic rings. The van der Waals surface area contributed by atoms with Gasteiger partial charge in [0.2, 0.25) is 0 Å². The molecule has 5 heteroatoms. The molecule has 0 aliphatic heterocycles. The van der Waals surface area contributed by atoms with Crippen LogP contribution in [-0.4, -0.2) is 18.2 Å². The van der Waals surface area contributed by atoms with Gasteiger partial charge in [-0.25, -0.2) is 4.79 Å². The van der Waals surface area contributed by atoms with Gasteiger partial charge in [0.1, 0.15) is 4.88 Å². The molecular weight excluding hydrogens is 224 g/mol. The largest absolute Gasteiger partial charge is 0.465 e. The van der Waals surface area contributed by atoms with Crippen LogP contribution in [0.1, 0.15) is 28.4 Å². The molecule has 0 aromatic carbocycles. The first kappa shape index (κ1) is 11.5. The third-order valence-electron chi connectivity index (χ3n) is 1.66. The summed E-state index contributed by atoms with van der Waals surface area (Å²) < 4.78 is 4.55. The fourth-order valence-electron chi connectivity index (χ4n) is 0.902. The molecule has 1 N–H and O–H groups in total. The SMILES string of the molecule is COC(=O)c1sc(C(C)(C)O)cc1Cl. The van der Waals surface area contributed by atoms with Crippen LogP contribution in [0.25, 0.3) is 0 Å². The molecule has 3 nitrogen and oxygen atoms in total. The van der Waals surface area contributed by atoms with Crippen LogP contribution in [0.15, 0.2) is 6.07 Å². The smallest absolute Gasteiger partial charge is 0.349 e. The van der Waals surface area contributed by atoms with Crippen molar-refractivity contribution in [3.63, 3.8) is 0 Å². The molecule has 0 atom stereocenters. The van der Waals surface area contributed by atoms with Gasteiger partial charge in [-0.3, -0.25) is 0 Å². The number of carbonyl (C=O) groups is 1. The van der Waals surface area contributed by atoms with Crippen molar-refractivity contribution in [3.8, 4) is 0 Å². The number of methoxy groups -OCH3 is 1. The first-order valence-corrected chi connectivity index (χ1v) is 5.16. The minimum Gasteiger partial charge on any atom is -0.465 e. The maximum atomic E-state index is 11.2. The third kappa shape index (κ3) is 2.26. The summed E-state index contributed by atoms with van der Waals surface area (Å²) >= 11 is 6.97. The van der Waals surface area contributed by atoms with Gasteiger partial charge in [0.15, 0.2) is 0 Å². The van der Waals surface area contributed by atoms with Gasteiger partial charge in [-0.1, -0.05) is 11.6 Å². The summed E-state index contributed by atoms with van der Waals surface area (Å²) in [6, 6.07) is 1.58. The molecule has 0 radical (unpaired) electrons. The number of ether oxygens (including phenoxy) is 1. The summed E-state index contributed by atoms with van der Waals surface area (Å²) in [4.78, 5) is 12.2. The summed E-state index contributed by atoms with van der Waals surface area (Å²) in [5, 5.41) is 10.00. The monoisotopic (exact) mass is 234 g/mol. The quantitative estimate of drug-likeness (QED) is 0.800. The van der Waals surface area contributed by atoms with E-state index in [1.165, 1.54) is 7.11 Å². The van der Waals surface area contributed by atoms with Gasteiger partial charge in [-0.05, 0) is 19.9 Å². The molecule has 0 saturated heterocycles. The Hall–Kier alpha value is -0.580. The van der Waals surface area contributed by atoms with Gasteiger partial charge in [0.25, 0.3) is 0 Å². The second kappa shape index (κ2) is 3.88. The average molecular weight is 235 g/mol. The van der Waals surface area contributed by atoms with E-state index >= 15 is 0 Å². The lowest BCUT2D eigenvalue weighted by molar-refractivity contribution is 0.0606. The Balaban J connectivity index is 3.12. The van der Waals surface area contributed by atoms with E-state index in [2.05, 4.69) is 4.74 Å². The van der Waals surface area contributed by atoms with E-state index in [1.54, 1.807) is 19.9 Å². The molecule has 1 heterocycles. The van der Waals surface area contributed by atoms with Gasteiger partial charge in [0.05, 0.1) is 17.7 Å². The molecule has 0 unspecified atom stereocenters. The topological polar surface area (TPSA) is 46.5 Å². The Morgan fingerprint density at radius 1 is 1.64 bits per heavy atom. The zero-order chi connectivity index (χ0) is 10.9. The van der Waals surface area contributed by atoms with Crippen LogP contribution in [0.3, 0.4) is 0 Å². The first-order valence-electron chi connectivity index (χ1n) is 3.96. The van der Waals surface area contributed by atoms with Crippen molar-refractivity contribution in [1.29, 1.82) is 0 Å². The van der Waals surface area contributed by atoms with E-state index in [1.807, 2.05) is 0 Å². The number of thiophene rings is 1. The summed E-state index contributed by atoms with van der Waals surface area (Å²) in [5.74, 6) is -0.476. The second-order valence-corrected chi connectivity index (χ2v) is 4.80. The highest BCUT2D eigenvalue weighted by Crippen LogP contribution is 2.34. The van der Waals surface area contributed by atoms with Crippen LogP contribution >= 0.6 is 22.9 Å². The standard InChI is InChI=1S/C9H11ClO3S/c1-9(2,12)6-4-5(10)7(14-6)8(11)13-3/h4,12H,1-3H3. The molecule has 78 valence electrons. The zero-order valence-electron chi connectivity index (χ0n) is 8.13. The number of hydrogen-bond acceptors (Lipinski definition) is 4. The van der Waals surface area contributed by atoms with Gasteiger partial charge in [-0.2, -0.15) is 0 Å². The number of hydrogen-bond donors (Lipinski definition) is 1. The molecule has 0 aliphatic carbocycles. The Kier molecular flexibility index (Phi) is 3.19. The summed E-state index contributed by atoms with van der Waals surface area (Å²) in [7, 11) is 1.29. The zero-order valence-corrected chi connectivity index (χ0v) is 9.70. The maximum absolute atomic E-state index is 11.2. The molecular formula is C9H11ClO3S. The van der Waals surface area contributed by atoms with Crippen LogP contribution in [-0.2, 0) is 10.3 Å². The second-order valence-electron chi connectivity index (χ2n) is 3.34. The van der Waals surface area contributed by atoms with E-state index < -0.39 is 11.6 Å². The lowest BCUT2D eigenvalue weighted by Gasteiger charge is -2.13. The number of aliphatic hydroxyl groups is 1. The fourth-order valence-corrected chi connectivity index (χ4v) is 2.24. The Morgan fingerprint density at radius 2 is 2.21 bits per heavy atom. The number of halogens is 1. The lowest BCUT2D eigenvalue weighted by Crippen LogP contribution is -2.12. The summed E-state index contributed by atoms with van der Waals surface area (Å²) in [5.41, 5.74) is -0.986. The van der Waals surface area contributed by atoms with Gasteiger partial charge in [-0.15, -0.1) is 11.3 Å². The number of esters is 1. The van der Waals surface area contributed by atoms with E-state index in [4.69, 9.17) is 11.6 Å². The highest BCUT2D eigenvalue weighted by atomic mass is 35.5. The van der Waals surface area contributed by atoms with Crippen molar-refractivity contribution < 1.29 is 14.6 Å². The van der Waals surface area contributed by atoms with Crippen molar-refractivity contribution in [2.75, 3.05) is 7.11 Å². The van der Waals surface area contributed by atoms with Crippen molar-refractivity contribution in [3.05, 3.63) is 20.8 Å². The van der Waals surface area contributed by atoms with E-state index in [-0.39, 0.29) is 0 Å². The predicted octanol–water partition coefficient (Wildman–Crippen LogP) is 2.42. The number of carbonyl (C=O) groups excluding carboxylic acids is 1. The first-order chi connectivity index (χ1) is 6.36. The van der Waals surface area contributed by atoms with Gasteiger partial charge >= 0.3 is 5.97 Å². The molecule has 0 spiro atoms. The van der Waals surface area contributed by atoms with Crippen molar-refractivity contribution in [2.45, 2.75) is 19.4 Å². The Labute approximate surface area is 91.3 Å². The third-order valence-corrected chi connectivity index (χ3v) is 3.50. The fraction of sp³-hybridized carbons (Fsp3) is 0.444. The highest BCUT2D eigenvalue weighted by molar-refractivity contribution is 7.14. The summed E-state index contributed by atoms with van der Waals surface area (Å²) in [6.45, 7) is 3.27. The molecule has 1 aromatic heterocycles. The Morgan fingerprint density at radius 3 is 2.57 bits per heavy atom. The molecule has 0 amide bonds. The van der Waals surface area contributed by atoms with Crippen molar-refractivity contribution in [2.24, 2.45) is 0 Å². The van der Waals surface area contributed by atoms with E-state index in [0.717, 1.165) is 11.3 Å². The molecule has 0 bridgehead atoms. The minimum atomic E-state index is -0.986. The van der Waals surface area contributed by atoms with Crippen LogP contribution in [0.2, 0.25) is 5.02 Å².